The molecule has 0 saturated heterocycles. The number of aliphatic hydroxyl groups excluding tert-OH is 1. The Balaban J connectivity index is 3.96. The zero-order chi connectivity index (χ0) is 38.7. The van der Waals surface area contributed by atoms with Gasteiger partial charge in [-0.3, -0.25) is 19.2 Å². The number of nitrogens with one attached hydrogen (secondary N) is 2. The second-order valence-corrected chi connectivity index (χ2v) is 13.7. The Morgan fingerprint density at radius 1 is 0.635 bits per heavy atom. The Bertz CT molecular complexity index is 899. The number of ether oxygens (including phenoxy) is 4. The van der Waals surface area contributed by atoms with E-state index in [0.29, 0.717) is 116 Å². The Morgan fingerprint density at radius 2 is 1.17 bits per heavy atom. The Morgan fingerprint density at radius 3 is 1.77 bits per heavy atom. The number of nitrogens with two attached hydrogens (primary N) is 2. The first-order chi connectivity index (χ1) is 25.1. The highest BCUT2D eigenvalue weighted by Crippen LogP contribution is 2.06. The van der Waals surface area contributed by atoms with E-state index in [-0.39, 0.29) is 43.1 Å². The first kappa shape index (κ1) is 49.8. The fourth-order valence-corrected chi connectivity index (χ4v) is 5.29. The van der Waals surface area contributed by atoms with Crippen molar-refractivity contribution in [2.75, 3.05) is 85.4 Å². The average Bonchev–Trinajstić information content (AvgIpc) is 3.13. The van der Waals surface area contributed by atoms with Crippen LogP contribution in [0.25, 0.3) is 0 Å². The highest BCUT2D eigenvalue weighted by molar-refractivity contribution is 5.82. The van der Waals surface area contributed by atoms with Crippen LogP contribution in [-0.4, -0.2) is 131 Å². The molecule has 0 aromatic carbocycles. The predicted molar refractivity (Wildman–Crippen MR) is 204 cm³/mol. The number of carbonyl (C=O) groups is 4. The number of hydrogen-bond donors (Lipinski definition) is 5. The number of carbonyl (C=O) groups excluding carboxylic acids is 4. The number of aliphatic hydroxyl groups is 1. The van der Waals surface area contributed by atoms with Crippen LogP contribution in [0.15, 0.2) is 0 Å². The molecule has 0 aromatic rings. The van der Waals surface area contributed by atoms with Gasteiger partial charge in [0.05, 0.1) is 39.1 Å². The Labute approximate surface area is 314 Å². The molecule has 3 unspecified atom stereocenters. The molecule has 306 valence electrons. The summed E-state index contributed by atoms with van der Waals surface area (Å²) in [5.74, 6) is -0.197. The van der Waals surface area contributed by atoms with Gasteiger partial charge in [-0.2, -0.15) is 0 Å². The summed E-state index contributed by atoms with van der Waals surface area (Å²) in [4.78, 5) is 50.8. The molecule has 0 aliphatic heterocycles. The molecule has 0 fully saturated rings. The van der Waals surface area contributed by atoms with E-state index >= 15 is 0 Å². The highest BCUT2D eigenvalue weighted by Gasteiger charge is 2.16. The van der Waals surface area contributed by atoms with E-state index in [1.165, 1.54) is 0 Å². The highest BCUT2D eigenvalue weighted by atomic mass is 16.5. The second-order valence-electron chi connectivity index (χ2n) is 13.7. The standard InChI is InChI=1S/C38H75N5O9/c1-32(13-10-19-39)31-41-21-15-36(46)50-28-7-4-6-27-49-34(3)35(45)17-24-43(23-12-26-44)25-18-38(48)52-30-9-5-8-29-51-37(47)16-22-42-33(2)14-11-20-40/h32-34,41-42,44H,4-31,39-40H2,1-3H3. The zero-order valence-corrected chi connectivity index (χ0v) is 32.8. The third-order valence-electron chi connectivity index (χ3n) is 8.69. The second kappa shape index (κ2) is 35.8. The van der Waals surface area contributed by atoms with Crippen LogP contribution in [0.3, 0.4) is 0 Å². The van der Waals surface area contributed by atoms with Gasteiger partial charge in [0.1, 0.15) is 6.10 Å². The van der Waals surface area contributed by atoms with E-state index in [1.807, 2.05) is 4.90 Å². The number of rotatable bonds is 38. The van der Waals surface area contributed by atoms with Gasteiger partial charge < -0.3 is 51.1 Å². The fraction of sp³-hybridized carbons (Fsp3) is 0.895. The lowest BCUT2D eigenvalue weighted by molar-refractivity contribution is -0.145. The van der Waals surface area contributed by atoms with Gasteiger partial charge in [-0.05, 0) is 110 Å². The van der Waals surface area contributed by atoms with Crippen molar-refractivity contribution >= 4 is 23.7 Å². The quantitative estimate of drug-likeness (QED) is 0.0351. The van der Waals surface area contributed by atoms with E-state index in [4.69, 9.17) is 30.4 Å². The van der Waals surface area contributed by atoms with E-state index < -0.39 is 6.10 Å². The van der Waals surface area contributed by atoms with Crippen LogP contribution in [0.5, 0.6) is 0 Å². The molecule has 14 heteroatoms. The van der Waals surface area contributed by atoms with Crippen LogP contribution >= 0.6 is 0 Å². The van der Waals surface area contributed by atoms with Crippen molar-refractivity contribution in [3.05, 3.63) is 0 Å². The van der Waals surface area contributed by atoms with Gasteiger partial charge in [-0.1, -0.05) is 6.92 Å². The summed E-state index contributed by atoms with van der Waals surface area (Å²) >= 11 is 0. The number of unbranched alkanes of at least 4 members (excludes halogenated alkanes) is 4. The lowest BCUT2D eigenvalue weighted by atomic mass is 10.1. The van der Waals surface area contributed by atoms with Crippen LogP contribution in [0, 0.1) is 5.92 Å². The van der Waals surface area contributed by atoms with Crippen molar-refractivity contribution in [3.8, 4) is 0 Å². The summed E-state index contributed by atoms with van der Waals surface area (Å²) < 4.78 is 21.7. The molecule has 52 heavy (non-hydrogen) atoms. The van der Waals surface area contributed by atoms with Crippen LogP contribution in [0.2, 0.25) is 0 Å². The Hall–Kier alpha value is -2.20. The molecule has 0 aliphatic rings. The molecule has 0 aromatic heterocycles. The smallest absolute Gasteiger partial charge is 0.307 e. The van der Waals surface area contributed by atoms with E-state index in [0.717, 1.165) is 57.9 Å². The van der Waals surface area contributed by atoms with Gasteiger partial charge in [-0.15, -0.1) is 0 Å². The predicted octanol–water partition coefficient (Wildman–Crippen LogP) is 2.86. The molecule has 0 bridgehead atoms. The molecule has 3 atom stereocenters. The molecule has 14 nitrogen and oxygen atoms in total. The van der Waals surface area contributed by atoms with Gasteiger partial charge >= 0.3 is 17.9 Å². The molecule has 0 aliphatic carbocycles. The topological polar surface area (TPSA) is 205 Å². The zero-order valence-electron chi connectivity index (χ0n) is 32.8. The van der Waals surface area contributed by atoms with Crippen molar-refractivity contribution in [2.45, 2.75) is 129 Å². The normalized spacial score (nSPS) is 13.1. The van der Waals surface area contributed by atoms with Gasteiger partial charge in [0.15, 0.2) is 5.78 Å². The van der Waals surface area contributed by atoms with E-state index in [2.05, 4.69) is 24.5 Å². The monoisotopic (exact) mass is 746 g/mol. The summed E-state index contributed by atoms with van der Waals surface area (Å²) in [6.07, 6.45) is 9.74. The van der Waals surface area contributed by atoms with Crippen LogP contribution in [0.4, 0.5) is 0 Å². The van der Waals surface area contributed by atoms with E-state index in [9.17, 15) is 24.3 Å². The van der Waals surface area contributed by atoms with Crippen molar-refractivity contribution in [2.24, 2.45) is 17.4 Å². The largest absolute Gasteiger partial charge is 0.466 e. The van der Waals surface area contributed by atoms with Crippen LogP contribution in [-0.2, 0) is 38.1 Å². The molecule has 0 spiro atoms. The fourth-order valence-electron chi connectivity index (χ4n) is 5.29. The van der Waals surface area contributed by atoms with Crippen molar-refractivity contribution < 1.29 is 43.2 Å². The number of esters is 3. The summed E-state index contributed by atoms with van der Waals surface area (Å²) in [6, 6.07) is 0.325. The number of ketones is 1. The number of hydrogen-bond acceptors (Lipinski definition) is 14. The van der Waals surface area contributed by atoms with Gasteiger partial charge in [0.25, 0.3) is 0 Å². The molecular weight excluding hydrogens is 670 g/mol. The number of Topliss-reactive ketones (excluding diaryl/α,β-unsaturated/α-hetero) is 1. The lowest BCUT2D eigenvalue weighted by Gasteiger charge is -2.22. The first-order valence-electron chi connectivity index (χ1n) is 19.9. The summed E-state index contributed by atoms with van der Waals surface area (Å²) in [6.45, 7) is 12.4. The van der Waals surface area contributed by atoms with Crippen molar-refractivity contribution in [1.82, 2.24) is 15.5 Å². The van der Waals surface area contributed by atoms with Gasteiger partial charge in [0, 0.05) is 58.4 Å². The lowest BCUT2D eigenvalue weighted by Crippen LogP contribution is -2.33. The Kier molecular flexibility index (Phi) is 34.3. The maximum atomic E-state index is 12.7. The summed E-state index contributed by atoms with van der Waals surface area (Å²) in [5, 5.41) is 15.9. The van der Waals surface area contributed by atoms with Gasteiger partial charge in [0.2, 0.25) is 0 Å². The van der Waals surface area contributed by atoms with Gasteiger partial charge in [-0.25, -0.2) is 0 Å². The summed E-state index contributed by atoms with van der Waals surface area (Å²) in [5.41, 5.74) is 11.1. The first-order valence-corrected chi connectivity index (χ1v) is 19.9. The molecule has 7 N–H and O–H groups in total. The number of nitrogens with zero attached hydrogens (tertiary/aromatic N) is 1. The molecule has 0 saturated carbocycles. The minimum atomic E-state index is -0.533. The van der Waals surface area contributed by atoms with E-state index in [1.54, 1.807) is 6.92 Å². The average molecular weight is 746 g/mol. The van der Waals surface area contributed by atoms with Crippen molar-refractivity contribution in [3.63, 3.8) is 0 Å². The molecule has 0 heterocycles. The minimum absolute atomic E-state index is 0.0110. The SMILES string of the molecule is CC(CCCN)CNCCC(=O)OCCCCCOC(C)C(=O)CCN(CCCO)CCC(=O)OCCCCCOC(=O)CCNC(C)CCCN. The maximum absolute atomic E-state index is 12.7. The van der Waals surface area contributed by atoms with Crippen LogP contribution < -0.4 is 22.1 Å². The molecular formula is C38H75N5O9. The molecule has 0 rings (SSSR count). The summed E-state index contributed by atoms with van der Waals surface area (Å²) in [7, 11) is 0. The van der Waals surface area contributed by atoms with Crippen LogP contribution in [0.1, 0.15) is 117 Å². The minimum Gasteiger partial charge on any atom is -0.466 e. The third kappa shape index (κ3) is 32.5. The maximum Gasteiger partial charge on any atom is 0.307 e. The molecule has 0 radical (unpaired) electrons. The molecule has 0 amide bonds. The van der Waals surface area contributed by atoms with Crippen molar-refractivity contribution in [1.29, 1.82) is 0 Å². The third-order valence-corrected chi connectivity index (χ3v) is 8.69.